The highest BCUT2D eigenvalue weighted by molar-refractivity contribution is 5.77. The van der Waals surface area contributed by atoms with Crippen LogP contribution in [0.2, 0.25) is 0 Å². The van der Waals surface area contributed by atoms with Gasteiger partial charge in [-0.3, -0.25) is 4.79 Å². The van der Waals surface area contributed by atoms with E-state index in [1.807, 2.05) is 4.90 Å². The van der Waals surface area contributed by atoms with Crippen molar-refractivity contribution in [1.29, 1.82) is 0 Å². The molecule has 1 aliphatic rings. The van der Waals surface area contributed by atoms with Crippen molar-refractivity contribution in [3.8, 4) is 0 Å². The normalized spacial score (nSPS) is 25.1. The van der Waals surface area contributed by atoms with Gasteiger partial charge in [0.05, 0.1) is 0 Å². The van der Waals surface area contributed by atoms with Crippen molar-refractivity contribution in [3.63, 3.8) is 0 Å². The van der Waals surface area contributed by atoms with Crippen molar-refractivity contribution < 1.29 is 4.79 Å². The first-order chi connectivity index (χ1) is 5.95. The second-order valence-electron chi connectivity index (χ2n) is 4.99. The number of amides is 1. The molecule has 1 amide bonds. The fourth-order valence-electron chi connectivity index (χ4n) is 1.90. The maximum Gasteiger partial charge on any atom is 0.223 e. The zero-order valence-corrected chi connectivity index (χ0v) is 9.26. The number of hydrogen-bond acceptors (Lipinski definition) is 1. The van der Waals surface area contributed by atoms with Gasteiger partial charge in [0, 0.05) is 18.5 Å². The lowest BCUT2D eigenvalue weighted by atomic mass is 9.91. The Morgan fingerprint density at radius 2 is 2.08 bits per heavy atom. The molecule has 0 spiro atoms. The summed E-state index contributed by atoms with van der Waals surface area (Å²) in [7, 11) is 0. The lowest BCUT2D eigenvalue weighted by Crippen LogP contribution is -2.50. The van der Waals surface area contributed by atoms with Gasteiger partial charge in [-0.2, -0.15) is 0 Å². The van der Waals surface area contributed by atoms with E-state index in [1.165, 1.54) is 6.42 Å². The first kappa shape index (κ1) is 10.6. The van der Waals surface area contributed by atoms with E-state index in [9.17, 15) is 4.79 Å². The average Bonchev–Trinajstić information content (AvgIpc) is 2.03. The lowest BCUT2D eigenvalue weighted by Gasteiger charge is -2.41. The van der Waals surface area contributed by atoms with Gasteiger partial charge in [-0.15, -0.1) is 0 Å². The molecule has 76 valence electrons. The van der Waals surface area contributed by atoms with Crippen molar-refractivity contribution in [2.75, 3.05) is 6.54 Å². The topological polar surface area (TPSA) is 20.3 Å². The summed E-state index contributed by atoms with van der Waals surface area (Å²) in [5.74, 6) is 1.05. The Morgan fingerprint density at radius 3 is 2.54 bits per heavy atom. The molecule has 1 unspecified atom stereocenters. The minimum Gasteiger partial charge on any atom is -0.338 e. The highest BCUT2D eigenvalue weighted by Gasteiger charge is 2.31. The van der Waals surface area contributed by atoms with E-state index >= 15 is 0 Å². The Kier molecular flexibility index (Phi) is 2.99. The van der Waals surface area contributed by atoms with Crippen LogP contribution >= 0.6 is 0 Å². The van der Waals surface area contributed by atoms with Crippen LogP contribution in [0.25, 0.3) is 0 Å². The summed E-state index contributed by atoms with van der Waals surface area (Å²) in [6, 6.07) is 0. The molecule has 0 bridgehead atoms. The molecular weight excluding hydrogens is 162 g/mol. The zero-order chi connectivity index (χ0) is 10.1. The molecule has 0 aromatic heterocycles. The van der Waals surface area contributed by atoms with E-state index in [1.54, 1.807) is 0 Å². The Balaban J connectivity index is 2.66. The molecule has 0 aromatic rings. The van der Waals surface area contributed by atoms with E-state index in [-0.39, 0.29) is 5.54 Å². The fourth-order valence-corrected chi connectivity index (χ4v) is 1.90. The highest BCUT2D eigenvalue weighted by atomic mass is 16.2. The first-order valence-corrected chi connectivity index (χ1v) is 5.25. The summed E-state index contributed by atoms with van der Waals surface area (Å²) in [6.45, 7) is 9.51. The molecule has 1 saturated heterocycles. The third-order valence-corrected chi connectivity index (χ3v) is 2.90. The molecule has 1 aliphatic heterocycles. The maximum atomic E-state index is 11.6. The number of likely N-dealkylation sites (tertiary alicyclic amines) is 1. The molecule has 0 aliphatic carbocycles. The Morgan fingerprint density at radius 1 is 1.46 bits per heavy atom. The lowest BCUT2D eigenvalue weighted by molar-refractivity contribution is -0.140. The maximum absolute atomic E-state index is 11.6. The van der Waals surface area contributed by atoms with Crippen LogP contribution in [-0.2, 0) is 4.79 Å². The SMILES string of the molecule is CCC1CCC(=O)N(C(C)(C)C)C1. The fraction of sp³-hybridized carbons (Fsp3) is 0.909. The number of hydrogen-bond donors (Lipinski definition) is 0. The summed E-state index contributed by atoms with van der Waals surface area (Å²) in [4.78, 5) is 13.7. The van der Waals surface area contributed by atoms with Crippen LogP contribution in [-0.4, -0.2) is 22.9 Å². The second-order valence-corrected chi connectivity index (χ2v) is 4.99. The van der Waals surface area contributed by atoms with Gasteiger partial charge in [0.25, 0.3) is 0 Å². The molecule has 1 atom stereocenters. The molecule has 1 rings (SSSR count). The summed E-state index contributed by atoms with van der Waals surface area (Å²) in [6.07, 6.45) is 3.03. The Labute approximate surface area is 81.3 Å². The third-order valence-electron chi connectivity index (χ3n) is 2.90. The smallest absolute Gasteiger partial charge is 0.223 e. The standard InChI is InChI=1S/C11H21NO/c1-5-9-6-7-10(13)12(8-9)11(2,3)4/h9H,5-8H2,1-4H3. The molecular formula is C11H21NO. The number of carbonyl (C=O) groups excluding carboxylic acids is 1. The van der Waals surface area contributed by atoms with Crippen molar-refractivity contribution >= 4 is 5.91 Å². The van der Waals surface area contributed by atoms with Gasteiger partial charge >= 0.3 is 0 Å². The van der Waals surface area contributed by atoms with Gasteiger partial charge < -0.3 is 4.90 Å². The number of piperidine rings is 1. The largest absolute Gasteiger partial charge is 0.338 e. The summed E-state index contributed by atoms with van der Waals surface area (Å²) in [5, 5.41) is 0. The quantitative estimate of drug-likeness (QED) is 0.611. The van der Waals surface area contributed by atoms with Gasteiger partial charge in [0.1, 0.15) is 0 Å². The Bertz CT molecular complexity index is 193. The van der Waals surface area contributed by atoms with Crippen LogP contribution < -0.4 is 0 Å². The predicted molar refractivity (Wildman–Crippen MR) is 54.5 cm³/mol. The number of rotatable bonds is 1. The third kappa shape index (κ3) is 2.45. The minimum absolute atomic E-state index is 0.00488. The van der Waals surface area contributed by atoms with E-state index in [4.69, 9.17) is 0 Å². The molecule has 13 heavy (non-hydrogen) atoms. The van der Waals surface area contributed by atoms with Crippen LogP contribution in [0.5, 0.6) is 0 Å². The van der Waals surface area contributed by atoms with Gasteiger partial charge in [0.15, 0.2) is 0 Å². The van der Waals surface area contributed by atoms with Crippen LogP contribution in [0.15, 0.2) is 0 Å². The van der Waals surface area contributed by atoms with E-state index in [0.717, 1.165) is 25.3 Å². The molecule has 0 radical (unpaired) electrons. The van der Waals surface area contributed by atoms with Gasteiger partial charge in [-0.05, 0) is 33.1 Å². The number of nitrogens with zero attached hydrogens (tertiary/aromatic N) is 1. The molecule has 0 saturated carbocycles. The van der Waals surface area contributed by atoms with Crippen LogP contribution in [0, 0.1) is 5.92 Å². The van der Waals surface area contributed by atoms with E-state index < -0.39 is 0 Å². The van der Waals surface area contributed by atoms with Gasteiger partial charge in [-0.25, -0.2) is 0 Å². The average molecular weight is 183 g/mol. The molecule has 2 nitrogen and oxygen atoms in total. The van der Waals surface area contributed by atoms with Crippen molar-refractivity contribution in [1.82, 2.24) is 4.90 Å². The molecule has 0 aromatic carbocycles. The molecule has 1 fully saturated rings. The summed E-state index contributed by atoms with van der Waals surface area (Å²) >= 11 is 0. The number of carbonyl (C=O) groups is 1. The minimum atomic E-state index is 0.00488. The molecule has 0 N–H and O–H groups in total. The summed E-state index contributed by atoms with van der Waals surface area (Å²) < 4.78 is 0. The monoisotopic (exact) mass is 183 g/mol. The predicted octanol–water partition coefficient (Wildman–Crippen LogP) is 2.43. The van der Waals surface area contributed by atoms with Crippen molar-refractivity contribution in [2.45, 2.75) is 52.5 Å². The highest BCUT2D eigenvalue weighted by Crippen LogP contribution is 2.26. The summed E-state index contributed by atoms with van der Waals surface area (Å²) in [5.41, 5.74) is 0.00488. The van der Waals surface area contributed by atoms with Gasteiger partial charge in [-0.1, -0.05) is 13.3 Å². The van der Waals surface area contributed by atoms with Crippen LogP contribution in [0.3, 0.4) is 0 Å². The van der Waals surface area contributed by atoms with E-state index in [2.05, 4.69) is 27.7 Å². The van der Waals surface area contributed by atoms with Gasteiger partial charge in [0.2, 0.25) is 5.91 Å². The van der Waals surface area contributed by atoms with E-state index in [0.29, 0.717) is 5.91 Å². The zero-order valence-electron chi connectivity index (χ0n) is 9.26. The first-order valence-electron chi connectivity index (χ1n) is 5.25. The van der Waals surface area contributed by atoms with Crippen LogP contribution in [0.1, 0.15) is 47.0 Å². The molecule has 1 heterocycles. The second kappa shape index (κ2) is 3.69. The van der Waals surface area contributed by atoms with Crippen molar-refractivity contribution in [3.05, 3.63) is 0 Å². The Hall–Kier alpha value is -0.530. The van der Waals surface area contributed by atoms with Crippen LogP contribution in [0.4, 0.5) is 0 Å². The van der Waals surface area contributed by atoms with Crippen molar-refractivity contribution in [2.24, 2.45) is 5.92 Å². The molecule has 2 heteroatoms.